The van der Waals surface area contributed by atoms with Gasteiger partial charge in [0.15, 0.2) is 0 Å². The molecule has 0 fully saturated rings. The van der Waals surface area contributed by atoms with Crippen LogP contribution in [0.3, 0.4) is 0 Å². The molecule has 156 valence electrons. The van der Waals surface area contributed by atoms with Crippen LogP contribution >= 0.6 is 0 Å². The van der Waals surface area contributed by atoms with E-state index in [1.165, 1.54) is 4.90 Å². The first-order valence-electron chi connectivity index (χ1n) is 10.5. The Bertz CT molecular complexity index is 1160. The summed E-state index contributed by atoms with van der Waals surface area (Å²) in [4.78, 5) is 28.1. The highest BCUT2D eigenvalue weighted by atomic mass is 16.2. The van der Waals surface area contributed by atoms with Gasteiger partial charge < -0.3 is 5.32 Å². The maximum atomic E-state index is 13.4. The first-order chi connectivity index (χ1) is 14.9. The van der Waals surface area contributed by atoms with E-state index in [2.05, 4.69) is 5.32 Å². The number of nitrogens with one attached hydrogen (secondary N) is 1. The van der Waals surface area contributed by atoms with Crippen LogP contribution in [0.25, 0.3) is 5.57 Å². The van der Waals surface area contributed by atoms with Gasteiger partial charge in [-0.1, -0.05) is 66.2 Å². The van der Waals surface area contributed by atoms with Gasteiger partial charge in [-0.2, -0.15) is 0 Å². The van der Waals surface area contributed by atoms with Crippen molar-refractivity contribution in [3.05, 3.63) is 106 Å². The quantitative estimate of drug-likeness (QED) is 0.579. The molecule has 1 aliphatic rings. The van der Waals surface area contributed by atoms with Crippen LogP contribution in [0.2, 0.25) is 0 Å². The predicted octanol–water partition coefficient (Wildman–Crippen LogP) is 5.05. The zero-order chi connectivity index (χ0) is 22.0. The molecule has 0 aromatic heterocycles. The molecule has 2 amide bonds. The number of anilines is 1. The van der Waals surface area contributed by atoms with E-state index in [1.54, 1.807) is 0 Å². The average molecular weight is 411 g/mol. The number of carbonyl (C=O) groups excluding carboxylic acids is 2. The fourth-order valence-corrected chi connectivity index (χ4v) is 3.73. The molecule has 4 rings (SSSR count). The van der Waals surface area contributed by atoms with Crippen LogP contribution in [-0.4, -0.2) is 23.3 Å². The third-order valence-corrected chi connectivity index (χ3v) is 5.75. The highest BCUT2D eigenvalue weighted by molar-refractivity contribution is 6.36. The van der Waals surface area contributed by atoms with Crippen molar-refractivity contribution in [1.29, 1.82) is 0 Å². The van der Waals surface area contributed by atoms with Gasteiger partial charge in [-0.15, -0.1) is 0 Å². The molecule has 1 heterocycles. The van der Waals surface area contributed by atoms with Crippen LogP contribution in [-0.2, 0) is 16.0 Å². The van der Waals surface area contributed by atoms with Gasteiger partial charge >= 0.3 is 0 Å². The smallest absolute Gasteiger partial charge is 0.278 e. The normalized spacial score (nSPS) is 13.8. The number of imide groups is 1. The van der Waals surface area contributed by atoms with Crippen LogP contribution < -0.4 is 5.32 Å². The minimum atomic E-state index is -0.283. The topological polar surface area (TPSA) is 49.4 Å². The second kappa shape index (κ2) is 8.60. The lowest BCUT2D eigenvalue weighted by Gasteiger charge is -2.15. The fourth-order valence-electron chi connectivity index (χ4n) is 3.73. The van der Waals surface area contributed by atoms with Gasteiger partial charge in [0, 0.05) is 12.2 Å². The molecule has 31 heavy (non-hydrogen) atoms. The molecule has 0 unspecified atom stereocenters. The highest BCUT2D eigenvalue weighted by Crippen LogP contribution is 2.31. The second-order valence-electron chi connectivity index (χ2n) is 8.04. The molecule has 0 spiro atoms. The Balaban J connectivity index is 1.69. The van der Waals surface area contributed by atoms with Crippen LogP contribution in [0.1, 0.15) is 27.8 Å². The summed E-state index contributed by atoms with van der Waals surface area (Å²) in [6, 6.07) is 23.6. The first kappa shape index (κ1) is 20.6. The molecular formula is C27H26N2O2. The van der Waals surface area contributed by atoms with Crippen LogP contribution in [0.5, 0.6) is 0 Å². The highest BCUT2D eigenvalue weighted by Gasteiger charge is 2.39. The third kappa shape index (κ3) is 4.29. The summed E-state index contributed by atoms with van der Waals surface area (Å²) in [6.45, 7) is 6.40. The molecule has 1 aliphatic heterocycles. The maximum Gasteiger partial charge on any atom is 0.278 e. The van der Waals surface area contributed by atoms with Crippen molar-refractivity contribution in [3.8, 4) is 0 Å². The van der Waals surface area contributed by atoms with Gasteiger partial charge in [-0.05, 0) is 61.6 Å². The molecule has 3 aromatic carbocycles. The van der Waals surface area contributed by atoms with E-state index < -0.39 is 0 Å². The molecule has 0 saturated carbocycles. The zero-order valence-corrected chi connectivity index (χ0v) is 18.1. The molecule has 1 N–H and O–H groups in total. The summed E-state index contributed by atoms with van der Waals surface area (Å²) in [6.07, 6.45) is 0.621. The second-order valence-corrected chi connectivity index (χ2v) is 8.04. The van der Waals surface area contributed by atoms with Gasteiger partial charge in [-0.25, -0.2) is 0 Å². The lowest BCUT2D eigenvalue weighted by atomic mass is 9.99. The van der Waals surface area contributed by atoms with Crippen LogP contribution in [0.15, 0.2) is 78.5 Å². The fraction of sp³-hybridized carbons (Fsp3) is 0.185. The Hall–Kier alpha value is -3.66. The van der Waals surface area contributed by atoms with Crippen molar-refractivity contribution >= 4 is 23.1 Å². The Morgan fingerprint density at radius 1 is 0.774 bits per heavy atom. The van der Waals surface area contributed by atoms with Crippen molar-refractivity contribution in [2.75, 3.05) is 11.9 Å². The van der Waals surface area contributed by atoms with E-state index in [0.29, 0.717) is 24.2 Å². The average Bonchev–Trinajstić information content (AvgIpc) is 3.00. The van der Waals surface area contributed by atoms with Gasteiger partial charge in [0.05, 0.1) is 5.57 Å². The van der Waals surface area contributed by atoms with Gasteiger partial charge in [0.2, 0.25) is 0 Å². The largest absolute Gasteiger partial charge is 0.350 e. The lowest BCUT2D eigenvalue weighted by Crippen LogP contribution is -2.34. The molecule has 0 bridgehead atoms. The third-order valence-electron chi connectivity index (χ3n) is 5.75. The number of rotatable bonds is 6. The number of hydrogen-bond acceptors (Lipinski definition) is 3. The van der Waals surface area contributed by atoms with E-state index in [-0.39, 0.29) is 11.8 Å². The Labute approximate surface area is 183 Å². The number of benzene rings is 3. The molecule has 0 atom stereocenters. The maximum absolute atomic E-state index is 13.4. The number of nitrogens with zero attached hydrogens (tertiary/aromatic N) is 1. The zero-order valence-electron chi connectivity index (χ0n) is 18.1. The molecule has 0 radical (unpaired) electrons. The summed E-state index contributed by atoms with van der Waals surface area (Å²) in [5, 5.41) is 3.23. The number of aryl methyl sites for hydroxylation is 3. The van der Waals surface area contributed by atoms with Crippen LogP contribution in [0.4, 0.5) is 5.69 Å². The molecular weight excluding hydrogens is 384 g/mol. The molecule has 4 heteroatoms. The molecule has 4 nitrogen and oxygen atoms in total. The molecule has 3 aromatic rings. The molecule has 0 aliphatic carbocycles. The summed E-state index contributed by atoms with van der Waals surface area (Å²) < 4.78 is 0. The van der Waals surface area contributed by atoms with Crippen molar-refractivity contribution in [2.24, 2.45) is 0 Å². The standard InChI is InChI=1S/C27H26N2O2/c1-18-9-13-23(14-10-18)28-25-24(22-12-11-19(2)20(3)17-22)26(30)29(27(25)31)16-15-21-7-5-4-6-8-21/h4-14,17,28H,15-16H2,1-3H3. The van der Waals surface area contributed by atoms with E-state index in [1.807, 2.05) is 93.6 Å². The minimum absolute atomic E-state index is 0.251. The number of amides is 2. The lowest BCUT2D eigenvalue weighted by molar-refractivity contribution is -0.136. The summed E-state index contributed by atoms with van der Waals surface area (Å²) in [7, 11) is 0. The van der Waals surface area contributed by atoms with Crippen molar-refractivity contribution in [1.82, 2.24) is 4.90 Å². The van der Waals surface area contributed by atoms with Gasteiger partial charge in [-0.3, -0.25) is 14.5 Å². The predicted molar refractivity (Wildman–Crippen MR) is 125 cm³/mol. The van der Waals surface area contributed by atoms with E-state index >= 15 is 0 Å². The van der Waals surface area contributed by atoms with Crippen molar-refractivity contribution < 1.29 is 9.59 Å². The number of carbonyl (C=O) groups is 2. The molecule has 0 saturated heterocycles. The Morgan fingerprint density at radius 3 is 2.16 bits per heavy atom. The summed E-state index contributed by atoms with van der Waals surface area (Å²) >= 11 is 0. The van der Waals surface area contributed by atoms with Gasteiger partial charge in [0.1, 0.15) is 5.70 Å². The van der Waals surface area contributed by atoms with E-state index in [9.17, 15) is 9.59 Å². The van der Waals surface area contributed by atoms with E-state index in [0.717, 1.165) is 33.5 Å². The summed E-state index contributed by atoms with van der Waals surface area (Å²) in [5.74, 6) is -0.534. The number of hydrogen-bond donors (Lipinski definition) is 1. The Morgan fingerprint density at radius 2 is 1.48 bits per heavy atom. The van der Waals surface area contributed by atoms with Crippen molar-refractivity contribution in [3.63, 3.8) is 0 Å². The Kier molecular flexibility index (Phi) is 5.72. The first-order valence-corrected chi connectivity index (χ1v) is 10.5. The van der Waals surface area contributed by atoms with E-state index in [4.69, 9.17) is 0 Å². The summed E-state index contributed by atoms with van der Waals surface area (Å²) in [5.41, 5.74) is 6.78. The van der Waals surface area contributed by atoms with Crippen molar-refractivity contribution in [2.45, 2.75) is 27.2 Å². The van der Waals surface area contributed by atoms with Crippen LogP contribution in [0, 0.1) is 20.8 Å². The minimum Gasteiger partial charge on any atom is -0.350 e. The monoisotopic (exact) mass is 410 g/mol. The SMILES string of the molecule is Cc1ccc(NC2=C(c3ccc(C)c(C)c3)C(=O)N(CCc3ccccc3)C2=O)cc1. The van der Waals surface area contributed by atoms with Gasteiger partial charge in [0.25, 0.3) is 11.8 Å².